The van der Waals surface area contributed by atoms with Crippen LogP contribution in [0.4, 0.5) is 0 Å². The van der Waals surface area contributed by atoms with Gasteiger partial charge in [0.05, 0.1) is 5.75 Å². The van der Waals surface area contributed by atoms with Gasteiger partial charge in [0.25, 0.3) is 0 Å². The molecule has 4 nitrogen and oxygen atoms in total. The summed E-state index contributed by atoms with van der Waals surface area (Å²) < 4.78 is 22.8. The number of rotatable bonds is 6. The van der Waals surface area contributed by atoms with Gasteiger partial charge in [-0.05, 0) is 31.1 Å². The lowest BCUT2D eigenvalue weighted by atomic mass is 9.98. The van der Waals surface area contributed by atoms with Crippen molar-refractivity contribution in [3.05, 3.63) is 0 Å². The first kappa shape index (κ1) is 15.3. The van der Waals surface area contributed by atoms with Crippen molar-refractivity contribution in [2.45, 2.75) is 45.2 Å². The molecule has 0 aromatic heterocycles. The highest BCUT2D eigenvalue weighted by atomic mass is 32.2. The molecule has 1 saturated heterocycles. The van der Waals surface area contributed by atoms with Gasteiger partial charge in [0.15, 0.2) is 0 Å². The van der Waals surface area contributed by atoms with Gasteiger partial charge in [-0.25, -0.2) is 8.42 Å². The third kappa shape index (κ3) is 5.04. The van der Waals surface area contributed by atoms with E-state index >= 15 is 0 Å². The maximum absolute atomic E-state index is 11.4. The fourth-order valence-electron chi connectivity index (χ4n) is 3.03. The SMILES string of the molecule is CC(C)CC1CNC(C2CC2)CN1CCS(C)(=O)=O. The van der Waals surface area contributed by atoms with Crippen molar-refractivity contribution in [3.8, 4) is 0 Å². The molecule has 0 aromatic rings. The van der Waals surface area contributed by atoms with Gasteiger partial charge in [-0.15, -0.1) is 0 Å². The predicted octanol–water partition coefficient (Wildman–Crippen LogP) is 1.13. The summed E-state index contributed by atoms with van der Waals surface area (Å²) in [6.45, 7) is 7.21. The number of hydrogen-bond acceptors (Lipinski definition) is 4. The van der Waals surface area contributed by atoms with Crippen LogP contribution in [0.1, 0.15) is 33.1 Å². The molecule has 2 fully saturated rings. The van der Waals surface area contributed by atoms with Crippen molar-refractivity contribution >= 4 is 9.84 Å². The van der Waals surface area contributed by atoms with Crippen molar-refractivity contribution in [2.24, 2.45) is 11.8 Å². The minimum atomic E-state index is -2.86. The summed E-state index contributed by atoms with van der Waals surface area (Å²) in [4.78, 5) is 2.42. The Morgan fingerprint density at radius 1 is 1.32 bits per heavy atom. The largest absolute Gasteiger partial charge is 0.311 e. The zero-order valence-corrected chi connectivity index (χ0v) is 13.2. The third-order valence-electron chi connectivity index (χ3n) is 4.25. The summed E-state index contributed by atoms with van der Waals surface area (Å²) in [5, 5.41) is 3.67. The van der Waals surface area contributed by atoms with Gasteiger partial charge in [0, 0.05) is 38.0 Å². The number of nitrogens with one attached hydrogen (secondary N) is 1. The fraction of sp³-hybridized carbons (Fsp3) is 1.00. The maximum atomic E-state index is 11.4. The van der Waals surface area contributed by atoms with Gasteiger partial charge < -0.3 is 5.32 Å². The molecule has 1 N–H and O–H groups in total. The first-order chi connectivity index (χ1) is 8.85. The number of hydrogen-bond donors (Lipinski definition) is 1. The van der Waals surface area contributed by atoms with Crippen molar-refractivity contribution in [1.82, 2.24) is 10.2 Å². The summed E-state index contributed by atoms with van der Waals surface area (Å²) in [5.74, 6) is 1.78. The second-order valence-electron chi connectivity index (χ2n) is 6.76. The monoisotopic (exact) mass is 288 g/mol. The number of nitrogens with zero attached hydrogens (tertiary/aromatic N) is 1. The molecule has 0 aromatic carbocycles. The molecule has 1 saturated carbocycles. The average molecular weight is 288 g/mol. The molecule has 2 atom stereocenters. The summed E-state index contributed by atoms with van der Waals surface area (Å²) in [6, 6.07) is 1.08. The van der Waals surface area contributed by atoms with Crippen LogP contribution in [0.3, 0.4) is 0 Å². The molecule has 5 heteroatoms. The van der Waals surface area contributed by atoms with Gasteiger partial charge in [0.1, 0.15) is 9.84 Å². The van der Waals surface area contributed by atoms with E-state index in [9.17, 15) is 8.42 Å². The van der Waals surface area contributed by atoms with Crippen LogP contribution >= 0.6 is 0 Å². The highest BCUT2D eigenvalue weighted by Crippen LogP contribution is 2.34. The van der Waals surface area contributed by atoms with Crippen LogP contribution in [0.25, 0.3) is 0 Å². The molecule has 0 bridgehead atoms. The van der Waals surface area contributed by atoms with E-state index in [4.69, 9.17) is 0 Å². The molecule has 2 aliphatic rings. The zero-order chi connectivity index (χ0) is 14.0. The molecule has 0 amide bonds. The topological polar surface area (TPSA) is 49.4 Å². The Labute approximate surface area is 117 Å². The standard InChI is InChI=1S/C14H28N2O2S/c1-11(2)8-13-9-15-14(12-4-5-12)10-16(13)6-7-19(3,17)18/h11-15H,4-10H2,1-3H3. The third-order valence-corrected chi connectivity index (χ3v) is 5.17. The van der Waals surface area contributed by atoms with E-state index in [-0.39, 0.29) is 0 Å². The first-order valence-electron chi connectivity index (χ1n) is 7.50. The van der Waals surface area contributed by atoms with Gasteiger partial charge >= 0.3 is 0 Å². The van der Waals surface area contributed by atoms with E-state index in [1.807, 2.05) is 0 Å². The van der Waals surface area contributed by atoms with Crippen molar-refractivity contribution in [2.75, 3.05) is 31.6 Å². The van der Waals surface area contributed by atoms with E-state index in [1.54, 1.807) is 0 Å². The molecule has 1 aliphatic carbocycles. The second-order valence-corrected chi connectivity index (χ2v) is 9.02. The minimum absolute atomic E-state index is 0.291. The molecule has 1 heterocycles. The van der Waals surface area contributed by atoms with E-state index in [0.717, 1.165) is 25.4 Å². The quantitative estimate of drug-likeness (QED) is 0.796. The normalized spacial score (nSPS) is 29.9. The van der Waals surface area contributed by atoms with Crippen LogP contribution < -0.4 is 5.32 Å². The summed E-state index contributed by atoms with van der Waals surface area (Å²) in [5.41, 5.74) is 0. The number of sulfone groups is 1. The maximum Gasteiger partial charge on any atom is 0.148 e. The first-order valence-corrected chi connectivity index (χ1v) is 9.56. The lowest BCUT2D eigenvalue weighted by Crippen LogP contribution is -2.58. The van der Waals surface area contributed by atoms with Crippen molar-refractivity contribution < 1.29 is 8.42 Å². The molecule has 2 unspecified atom stereocenters. The van der Waals surface area contributed by atoms with E-state index in [0.29, 0.717) is 30.3 Å². The Hall–Kier alpha value is -0.130. The zero-order valence-electron chi connectivity index (χ0n) is 12.4. The fourth-order valence-corrected chi connectivity index (χ4v) is 3.60. The van der Waals surface area contributed by atoms with Crippen molar-refractivity contribution in [3.63, 3.8) is 0 Å². The second kappa shape index (κ2) is 6.10. The Morgan fingerprint density at radius 2 is 2.00 bits per heavy atom. The highest BCUT2D eigenvalue weighted by Gasteiger charge is 2.37. The molecule has 19 heavy (non-hydrogen) atoms. The van der Waals surface area contributed by atoms with Crippen LogP contribution in [-0.2, 0) is 9.84 Å². The molecular weight excluding hydrogens is 260 g/mol. The molecule has 112 valence electrons. The van der Waals surface area contributed by atoms with Crippen molar-refractivity contribution in [1.29, 1.82) is 0 Å². The van der Waals surface area contributed by atoms with Gasteiger partial charge in [0.2, 0.25) is 0 Å². The number of piperazine rings is 1. The molecule has 0 spiro atoms. The lowest BCUT2D eigenvalue weighted by molar-refractivity contribution is 0.114. The predicted molar refractivity (Wildman–Crippen MR) is 79.0 cm³/mol. The van der Waals surface area contributed by atoms with E-state index in [1.165, 1.54) is 19.1 Å². The Morgan fingerprint density at radius 3 is 2.53 bits per heavy atom. The summed E-state index contributed by atoms with van der Waals surface area (Å²) >= 11 is 0. The van der Waals surface area contributed by atoms with Crippen LogP contribution in [0.15, 0.2) is 0 Å². The average Bonchev–Trinajstić information content (AvgIpc) is 3.09. The summed E-state index contributed by atoms with van der Waals surface area (Å²) in [7, 11) is -2.86. The van der Waals surface area contributed by atoms with Crippen LogP contribution in [0.2, 0.25) is 0 Å². The van der Waals surface area contributed by atoms with E-state index < -0.39 is 9.84 Å². The van der Waals surface area contributed by atoms with Gasteiger partial charge in [-0.3, -0.25) is 4.90 Å². The molecular formula is C14H28N2O2S. The van der Waals surface area contributed by atoms with E-state index in [2.05, 4.69) is 24.1 Å². The van der Waals surface area contributed by atoms with Crippen LogP contribution in [0, 0.1) is 11.8 Å². The lowest BCUT2D eigenvalue weighted by Gasteiger charge is -2.41. The Bertz CT molecular complexity index is 390. The van der Waals surface area contributed by atoms with Gasteiger partial charge in [-0.1, -0.05) is 13.8 Å². The molecule has 0 radical (unpaired) electrons. The van der Waals surface area contributed by atoms with Crippen LogP contribution in [0.5, 0.6) is 0 Å². The highest BCUT2D eigenvalue weighted by molar-refractivity contribution is 7.90. The van der Waals surface area contributed by atoms with Crippen LogP contribution in [-0.4, -0.2) is 57.0 Å². The molecule has 1 aliphatic heterocycles. The Balaban J connectivity index is 1.93. The summed E-state index contributed by atoms with van der Waals surface area (Å²) in [6.07, 6.45) is 5.16. The Kier molecular flexibility index (Phi) is 4.90. The minimum Gasteiger partial charge on any atom is -0.311 e. The molecule has 2 rings (SSSR count). The van der Waals surface area contributed by atoms with Gasteiger partial charge in [-0.2, -0.15) is 0 Å². The smallest absolute Gasteiger partial charge is 0.148 e.